The van der Waals surface area contributed by atoms with Crippen molar-refractivity contribution in [2.24, 2.45) is 0 Å². The molecule has 0 aromatic carbocycles. The summed E-state index contributed by atoms with van der Waals surface area (Å²) in [6.07, 6.45) is 35.1. The fourth-order valence-electron chi connectivity index (χ4n) is 5.39. The minimum absolute atomic E-state index is 0.862. The van der Waals surface area contributed by atoms with Crippen molar-refractivity contribution >= 4 is 0 Å². The van der Waals surface area contributed by atoms with Crippen LogP contribution in [0, 0.1) is 0 Å². The average molecular weight is 422 g/mol. The molecule has 0 amide bonds. The van der Waals surface area contributed by atoms with E-state index in [0.29, 0.717) is 0 Å². The second-order valence-corrected chi connectivity index (χ2v) is 10.3. The van der Waals surface area contributed by atoms with Crippen molar-refractivity contribution in [1.29, 1.82) is 0 Å². The average Bonchev–Trinajstić information content (AvgIpc) is 2.75. The molecule has 0 spiro atoms. The molecule has 1 fully saturated rings. The SMILES string of the molecule is CCCCCCCCCCCCCCCC(CC)N1CCCCCCCCCCC1. The van der Waals surface area contributed by atoms with Crippen LogP contribution in [0.2, 0.25) is 0 Å². The largest absolute Gasteiger partial charge is 0.300 e. The quantitative estimate of drug-likeness (QED) is 0.224. The van der Waals surface area contributed by atoms with Crippen LogP contribution >= 0.6 is 0 Å². The van der Waals surface area contributed by atoms with E-state index < -0.39 is 0 Å². The number of rotatable bonds is 16. The van der Waals surface area contributed by atoms with E-state index in [-0.39, 0.29) is 0 Å². The van der Waals surface area contributed by atoms with E-state index in [9.17, 15) is 0 Å². The van der Waals surface area contributed by atoms with Crippen LogP contribution in [0.5, 0.6) is 0 Å². The Morgan fingerprint density at radius 2 is 0.833 bits per heavy atom. The van der Waals surface area contributed by atoms with Crippen LogP contribution in [-0.4, -0.2) is 24.0 Å². The fraction of sp³-hybridized carbons (Fsp3) is 1.00. The van der Waals surface area contributed by atoms with Gasteiger partial charge in [-0.15, -0.1) is 0 Å². The highest BCUT2D eigenvalue weighted by atomic mass is 15.1. The minimum Gasteiger partial charge on any atom is -0.300 e. The lowest BCUT2D eigenvalue weighted by atomic mass is 10.00. The van der Waals surface area contributed by atoms with Crippen LogP contribution in [0.25, 0.3) is 0 Å². The highest BCUT2D eigenvalue weighted by molar-refractivity contribution is 4.72. The number of hydrogen-bond acceptors (Lipinski definition) is 1. The Morgan fingerprint density at radius 1 is 0.467 bits per heavy atom. The van der Waals surface area contributed by atoms with Gasteiger partial charge in [-0.2, -0.15) is 0 Å². The van der Waals surface area contributed by atoms with E-state index >= 15 is 0 Å². The Morgan fingerprint density at radius 3 is 1.23 bits per heavy atom. The van der Waals surface area contributed by atoms with Crippen molar-refractivity contribution in [3.05, 3.63) is 0 Å². The first-order chi connectivity index (χ1) is 14.9. The van der Waals surface area contributed by atoms with Gasteiger partial charge in [0.15, 0.2) is 0 Å². The lowest BCUT2D eigenvalue weighted by molar-refractivity contribution is 0.169. The summed E-state index contributed by atoms with van der Waals surface area (Å²) in [5.41, 5.74) is 0. The van der Waals surface area contributed by atoms with Gasteiger partial charge in [0.25, 0.3) is 0 Å². The zero-order valence-electron chi connectivity index (χ0n) is 21.4. The second-order valence-electron chi connectivity index (χ2n) is 10.3. The molecule has 1 rings (SSSR count). The Labute approximate surface area is 192 Å². The molecule has 1 atom stereocenters. The maximum atomic E-state index is 2.89. The molecule has 0 bridgehead atoms. The summed E-state index contributed by atoms with van der Waals surface area (Å²) in [7, 11) is 0. The highest BCUT2D eigenvalue weighted by Crippen LogP contribution is 2.19. The molecule has 30 heavy (non-hydrogen) atoms. The third kappa shape index (κ3) is 16.6. The summed E-state index contributed by atoms with van der Waals surface area (Å²) >= 11 is 0. The molecule has 0 N–H and O–H groups in total. The van der Waals surface area contributed by atoms with E-state index in [1.54, 1.807) is 0 Å². The molecule has 1 unspecified atom stereocenters. The second kappa shape index (κ2) is 22.2. The van der Waals surface area contributed by atoms with E-state index in [1.807, 2.05) is 0 Å². The summed E-state index contributed by atoms with van der Waals surface area (Å²) < 4.78 is 0. The summed E-state index contributed by atoms with van der Waals surface area (Å²) in [5.74, 6) is 0. The van der Waals surface area contributed by atoms with Gasteiger partial charge < -0.3 is 4.90 Å². The van der Waals surface area contributed by atoms with Crippen LogP contribution in [0.1, 0.15) is 168 Å². The van der Waals surface area contributed by atoms with Gasteiger partial charge in [-0.3, -0.25) is 0 Å². The van der Waals surface area contributed by atoms with E-state index in [2.05, 4.69) is 18.7 Å². The molecule has 0 aromatic rings. The predicted octanol–water partition coefficient (Wildman–Crippen LogP) is 10.1. The van der Waals surface area contributed by atoms with Crippen molar-refractivity contribution in [3.63, 3.8) is 0 Å². The Hall–Kier alpha value is -0.0400. The lowest BCUT2D eigenvalue weighted by Gasteiger charge is -2.31. The number of nitrogens with zero attached hydrogens (tertiary/aromatic N) is 1. The van der Waals surface area contributed by atoms with Crippen molar-refractivity contribution in [2.45, 2.75) is 174 Å². The van der Waals surface area contributed by atoms with Crippen LogP contribution in [0.4, 0.5) is 0 Å². The zero-order valence-corrected chi connectivity index (χ0v) is 21.4. The van der Waals surface area contributed by atoms with Crippen LogP contribution < -0.4 is 0 Å². The first-order valence-electron chi connectivity index (χ1n) is 14.6. The molecule has 1 heteroatoms. The Kier molecular flexibility index (Phi) is 20.7. The van der Waals surface area contributed by atoms with Gasteiger partial charge in [-0.25, -0.2) is 0 Å². The molecule has 0 saturated carbocycles. The molecule has 1 aliphatic rings. The predicted molar refractivity (Wildman–Crippen MR) is 138 cm³/mol. The van der Waals surface area contributed by atoms with Crippen molar-refractivity contribution in [1.82, 2.24) is 4.90 Å². The molecule has 180 valence electrons. The summed E-state index contributed by atoms with van der Waals surface area (Å²) in [5, 5.41) is 0. The summed E-state index contributed by atoms with van der Waals surface area (Å²) in [4.78, 5) is 2.89. The maximum absolute atomic E-state index is 2.89. The lowest BCUT2D eigenvalue weighted by Crippen LogP contribution is -2.36. The summed E-state index contributed by atoms with van der Waals surface area (Å²) in [6, 6.07) is 0.862. The third-order valence-corrected chi connectivity index (χ3v) is 7.52. The van der Waals surface area contributed by atoms with Gasteiger partial charge in [0.2, 0.25) is 0 Å². The molecule has 1 saturated heterocycles. The minimum atomic E-state index is 0.862. The van der Waals surface area contributed by atoms with Gasteiger partial charge >= 0.3 is 0 Å². The molecular formula is C29H59N. The Balaban J connectivity index is 2.04. The first-order valence-corrected chi connectivity index (χ1v) is 14.6. The summed E-state index contributed by atoms with van der Waals surface area (Å²) in [6.45, 7) is 7.49. The van der Waals surface area contributed by atoms with Crippen LogP contribution in [0.3, 0.4) is 0 Å². The van der Waals surface area contributed by atoms with Crippen molar-refractivity contribution < 1.29 is 0 Å². The molecule has 1 heterocycles. The van der Waals surface area contributed by atoms with Gasteiger partial charge in [0.1, 0.15) is 0 Å². The van der Waals surface area contributed by atoms with E-state index in [0.717, 1.165) is 6.04 Å². The number of unbranched alkanes of at least 4 members (excludes halogenated alkanes) is 12. The molecule has 0 aromatic heterocycles. The van der Waals surface area contributed by atoms with Crippen LogP contribution in [-0.2, 0) is 0 Å². The maximum Gasteiger partial charge on any atom is 0.00926 e. The highest BCUT2D eigenvalue weighted by Gasteiger charge is 2.16. The topological polar surface area (TPSA) is 3.24 Å². The standard InChI is InChI=1S/C29H59N/c1-3-5-6-7-8-9-10-11-12-14-17-20-23-26-29(4-2)30-27-24-21-18-15-13-16-19-22-25-28-30/h29H,3-28H2,1-2H3. The normalized spacial score (nSPS) is 18.6. The molecular weight excluding hydrogens is 362 g/mol. The first kappa shape index (κ1) is 28.0. The van der Waals surface area contributed by atoms with Gasteiger partial charge in [-0.05, 0) is 38.8 Å². The van der Waals surface area contributed by atoms with Gasteiger partial charge in [0, 0.05) is 6.04 Å². The smallest absolute Gasteiger partial charge is 0.00926 e. The third-order valence-electron chi connectivity index (χ3n) is 7.52. The molecule has 1 aliphatic heterocycles. The zero-order chi connectivity index (χ0) is 21.5. The van der Waals surface area contributed by atoms with Gasteiger partial charge in [0.05, 0.1) is 0 Å². The molecule has 0 aliphatic carbocycles. The van der Waals surface area contributed by atoms with Gasteiger partial charge in [-0.1, -0.05) is 142 Å². The van der Waals surface area contributed by atoms with Crippen molar-refractivity contribution in [3.8, 4) is 0 Å². The monoisotopic (exact) mass is 421 g/mol. The Bertz CT molecular complexity index is 314. The van der Waals surface area contributed by atoms with E-state index in [4.69, 9.17) is 0 Å². The van der Waals surface area contributed by atoms with E-state index in [1.165, 1.54) is 167 Å². The fourth-order valence-corrected chi connectivity index (χ4v) is 5.39. The molecule has 0 radical (unpaired) electrons. The van der Waals surface area contributed by atoms with Crippen molar-refractivity contribution in [2.75, 3.05) is 13.1 Å². The van der Waals surface area contributed by atoms with Crippen LogP contribution in [0.15, 0.2) is 0 Å². The molecule has 1 nitrogen and oxygen atoms in total. The number of hydrogen-bond donors (Lipinski definition) is 0.